The van der Waals surface area contributed by atoms with E-state index in [-0.39, 0.29) is 12.6 Å². The minimum absolute atomic E-state index is 0.0909. The van der Waals surface area contributed by atoms with E-state index in [1.807, 2.05) is 23.1 Å². The van der Waals surface area contributed by atoms with Gasteiger partial charge in [0.25, 0.3) is 5.91 Å². The third-order valence-electron chi connectivity index (χ3n) is 5.21. The maximum atomic E-state index is 12.9. The number of rotatable bonds is 6. The molecule has 0 unspecified atom stereocenters. The van der Waals surface area contributed by atoms with Gasteiger partial charge in [-0.15, -0.1) is 0 Å². The van der Waals surface area contributed by atoms with Gasteiger partial charge in [0.15, 0.2) is 12.4 Å². The zero-order chi connectivity index (χ0) is 22.7. The Kier molecular flexibility index (Phi) is 7.63. The van der Waals surface area contributed by atoms with E-state index in [4.69, 9.17) is 39.5 Å². The van der Waals surface area contributed by atoms with Gasteiger partial charge < -0.3 is 9.64 Å². The van der Waals surface area contributed by atoms with E-state index in [0.717, 1.165) is 23.1 Å². The fraction of sp³-hybridized carbons (Fsp3) is 0.273. The SMILES string of the molecule is O=C(c1ccn(COc2ccc(Cl)cc2Br)n1)N1CCN(Cc2c(Cl)cccc2Cl)CC1. The minimum atomic E-state index is -0.0909. The first-order chi connectivity index (χ1) is 15.4. The normalized spacial score (nSPS) is 14.6. The summed E-state index contributed by atoms with van der Waals surface area (Å²) in [4.78, 5) is 16.9. The Labute approximate surface area is 209 Å². The van der Waals surface area contributed by atoms with Crippen molar-refractivity contribution < 1.29 is 9.53 Å². The summed E-state index contributed by atoms with van der Waals surface area (Å²) in [7, 11) is 0. The Bertz CT molecular complexity index is 1100. The molecule has 4 rings (SSSR count). The molecule has 1 saturated heterocycles. The number of aromatic nitrogens is 2. The molecule has 0 spiro atoms. The topological polar surface area (TPSA) is 50.6 Å². The van der Waals surface area contributed by atoms with E-state index in [2.05, 4.69) is 25.9 Å². The summed E-state index contributed by atoms with van der Waals surface area (Å²) in [6, 6.07) is 12.5. The Morgan fingerprint density at radius 2 is 1.75 bits per heavy atom. The molecule has 0 N–H and O–H groups in total. The van der Waals surface area contributed by atoms with Crippen molar-refractivity contribution in [1.29, 1.82) is 0 Å². The van der Waals surface area contributed by atoms with Gasteiger partial charge in [-0.3, -0.25) is 9.69 Å². The number of hydrogen-bond donors (Lipinski definition) is 0. The minimum Gasteiger partial charge on any atom is -0.470 e. The molecule has 1 aromatic heterocycles. The maximum Gasteiger partial charge on any atom is 0.274 e. The van der Waals surface area contributed by atoms with Crippen LogP contribution in [-0.2, 0) is 13.3 Å². The van der Waals surface area contributed by atoms with Crippen LogP contribution in [0, 0.1) is 0 Å². The summed E-state index contributed by atoms with van der Waals surface area (Å²) in [5.41, 5.74) is 1.31. The average Bonchev–Trinajstić information content (AvgIpc) is 3.25. The van der Waals surface area contributed by atoms with Gasteiger partial charge in [-0.05, 0) is 52.3 Å². The lowest BCUT2D eigenvalue weighted by Gasteiger charge is -2.34. The molecule has 1 amide bonds. The summed E-state index contributed by atoms with van der Waals surface area (Å²) < 4.78 is 8.09. The zero-order valence-electron chi connectivity index (χ0n) is 17.0. The summed E-state index contributed by atoms with van der Waals surface area (Å²) in [5.74, 6) is 0.555. The number of nitrogens with zero attached hydrogens (tertiary/aromatic N) is 4. The molecule has 6 nitrogen and oxygen atoms in total. The Hall–Kier alpha value is -1.77. The molecule has 0 bridgehead atoms. The third-order valence-corrected chi connectivity index (χ3v) is 6.77. The molecule has 168 valence electrons. The van der Waals surface area contributed by atoms with Gasteiger partial charge in [0.05, 0.1) is 4.47 Å². The summed E-state index contributed by atoms with van der Waals surface area (Å²) in [6.07, 6.45) is 1.73. The molecular formula is C22H20BrCl3N4O2. The highest BCUT2D eigenvalue weighted by atomic mass is 79.9. The lowest BCUT2D eigenvalue weighted by Crippen LogP contribution is -2.48. The number of carbonyl (C=O) groups excluding carboxylic acids is 1. The van der Waals surface area contributed by atoms with Crippen molar-refractivity contribution in [2.45, 2.75) is 13.3 Å². The number of hydrogen-bond acceptors (Lipinski definition) is 4. The van der Waals surface area contributed by atoms with Crippen molar-refractivity contribution in [3.8, 4) is 5.75 Å². The molecule has 0 atom stereocenters. The van der Waals surface area contributed by atoms with Crippen molar-refractivity contribution in [1.82, 2.24) is 19.6 Å². The number of halogens is 4. The molecule has 1 aliphatic rings. The second-order valence-corrected chi connectivity index (χ2v) is 9.46. The predicted molar refractivity (Wildman–Crippen MR) is 130 cm³/mol. The van der Waals surface area contributed by atoms with Gasteiger partial charge in [-0.1, -0.05) is 40.9 Å². The lowest BCUT2D eigenvalue weighted by molar-refractivity contribution is 0.0621. The highest BCUT2D eigenvalue weighted by Gasteiger charge is 2.24. The maximum absolute atomic E-state index is 12.9. The van der Waals surface area contributed by atoms with Crippen molar-refractivity contribution >= 4 is 56.6 Å². The second-order valence-electron chi connectivity index (χ2n) is 7.36. The molecular weight excluding hydrogens is 539 g/mol. The van der Waals surface area contributed by atoms with Crippen LogP contribution in [0.2, 0.25) is 15.1 Å². The molecule has 10 heteroatoms. The number of piperazine rings is 1. The van der Waals surface area contributed by atoms with Crippen LogP contribution >= 0.6 is 50.7 Å². The van der Waals surface area contributed by atoms with Crippen molar-refractivity contribution in [3.05, 3.63) is 79.5 Å². The number of ether oxygens (including phenoxy) is 1. The van der Waals surface area contributed by atoms with Crippen LogP contribution < -0.4 is 4.74 Å². The fourth-order valence-corrected chi connectivity index (χ4v) is 4.77. The molecule has 1 fully saturated rings. The fourth-order valence-electron chi connectivity index (χ4n) is 3.45. The van der Waals surface area contributed by atoms with Gasteiger partial charge in [-0.25, -0.2) is 4.68 Å². The predicted octanol–water partition coefficient (Wildman–Crippen LogP) is 5.60. The summed E-state index contributed by atoms with van der Waals surface area (Å²) >= 11 is 21.9. The van der Waals surface area contributed by atoms with Crippen LogP contribution in [-0.4, -0.2) is 51.7 Å². The Morgan fingerprint density at radius 1 is 1.03 bits per heavy atom. The molecule has 3 aromatic rings. The first-order valence-corrected chi connectivity index (χ1v) is 11.9. The first kappa shape index (κ1) is 23.4. The quantitative estimate of drug-likeness (QED) is 0.395. The molecule has 1 aliphatic heterocycles. The van der Waals surface area contributed by atoms with Crippen LogP contribution in [0.25, 0.3) is 0 Å². The smallest absolute Gasteiger partial charge is 0.274 e. The van der Waals surface area contributed by atoms with Crippen LogP contribution in [0.1, 0.15) is 16.1 Å². The van der Waals surface area contributed by atoms with Gasteiger partial charge in [0, 0.05) is 59.6 Å². The lowest BCUT2D eigenvalue weighted by atomic mass is 10.2. The molecule has 0 radical (unpaired) electrons. The largest absolute Gasteiger partial charge is 0.470 e. The average molecular weight is 559 g/mol. The van der Waals surface area contributed by atoms with Crippen LogP contribution in [0.4, 0.5) is 0 Å². The van der Waals surface area contributed by atoms with Gasteiger partial charge in [-0.2, -0.15) is 5.10 Å². The van der Waals surface area contributed by atoms with E-state index < -0.39 is 0 Å². The van der Waals surface area contributed by atoms with Crippen molar-refractivity contribution in [2.24, 2.45) is 0 Å². The molecule has 2 heterocycles. The van der Waals surface area contributed by atoms with Gasteiger partial charge in [0.2, 0.25) is 0 Å². The van der Waals surface area contributed by atoms with Crippen molar-refractivity contribution in [3.63, 3.8) is 0 Å². The summed E-state index contributed by atoms with van der Waals surface area (Å²) in [5, 5.41) is 6.31. The first-order valence-electron chi connectivity index (χ1n) is 9.96. The van der Waals surface area contributed by atoms with Crippen LogP contribution in [0.15, 0.2) is 53.1 Å². The highest BCUT2D eigenvalue weighted by Crippen LogP contribution is 2.28. The van der Waals surface area contributed by atoms with E-state index in [1.54, 1.807) is 35.1 Å². The van der Waals surface area contributed by atoms with E-state index in [1.165, 1.54) is 0 Å². The second kappa shape index (κ2) is 10.4. The van der Waals surface area contributed by atoms with E-state index in [0.29, 0.717) is 46.1 Å². The Balaban J connectivity index is 1.30. The third kappa shape index (κ3) is 5.58. The van der Waals surface area contributed by atoms with Crippen molar-refractivity contribution in [2.75, 3.05) is 26.2 Å². The Morgan fingerprint density at radius 3 is 2.44 bits per heavy atom. The molecule has 32 heavy (non-hydrogen) atoms. The van der Waals surface area contributed by atoms with Crippen LogP contribution in [0.3, 0.4) is 0 Å². The monoisotopic (exact) mass is 556 g/mol. The van der Waals surface area contributed by atoms with Gasteiger partial charge in [0.1, 0.15) is 5.75 Å². The zero-order valence-corrected chi connectivity index (χ0v) is 20.8. The van der Waals surface area contributed by atoms with Crippen LogP contribution in [0.5, 0.6) is 5.75 Å². The number of carbonyl (C=O) groups is 1. The standard InChI is InChI=1S/C22H20BrCl3N4O2/c23-17-12-15(24)4-5-21(17)32-14-30-7-6-20(27-30)22(31)29-10-8-28(9-11-29)13-16-18(25)2-1-3-19(16)26/h1-7,12H,8-11,13-14H2. The molecule has 0 saturated carbocycles. The van der Waals surface area contributed by atoms with E-state index in [9.17, 15) is 4.79 Å². The number of benzene rings is 2. The molecule has 0 aliphatic carbocycles. The van der Waals surface area contributed by atoms with Gasteiger partial charge >= 0.3 is 0 Å². The highest BCUT2D eigenvalue weighted by molar-refractivity contribution is 9.10. The molecule has 2 aromatic carbocycles. The number of amides is 1. The van der Waals surface area contributed by atoms with E-state index >= 15 is 0 Å². The summed E-state index contributed by atoms with van der Waals surface area (Å²) in [6.45, 7) is 3.54.